The first-order valence-electron chi connectivity index (χ1n) is 11.6. The number of allylic oxidation sites excluding steroid dienone is 4. The Bertz CT molecular complexity index is 1400. The van der Waals surface area contributed by atoms with Crippen LogP contribution in [0.5, 0.6) is 10.9 Å². The number of carbonyl (C=O) groups is 1. The van der Waals surface area contributed by atoms with E-state index in [1.807, 2.05) is 6.08 Å². The van der Waals surface area contributed by atoms with Crippen LogP contribution < -0.4 is 14.8 Å². The number of methoxy groups -OCH3 is 1. The van der Waals surface area contributed by atoms with Crippen LogP contribution in [0.25, 0.3) is 11.1 Å². The lowest BCUT2D eigenvalue weighted by atomic mass is 9.98. The molecule has 0 radical (unpaired) electrons. The number of halogens is 1. The maximum Gasteiger partial charge on any atom is 0.296 e. The molecule has 37 heavy (non-hydrogen) atoms. The summed E-state index contributed by atoms with van der Waals surface area (Å²) in [6.07, 6.45) is 11.9. The first kappa shape index (κ1) is 25.9. The largest absolute Gasteiger partial charge is 0.496 e. The predicted octanol–water partition coefficient (Wildman–Crippen LogP) is 5.94. The first-order valence-corrected chi connectivity index (χ1v) is 12.4. The molecule has 0 bridgehead atoms. The van der Waals surface area contributed by atoms with Gasteiger partial charge >= 0.3 is 0 Å². The second-order valence-electron chi connectivity index (χ2n) is 8.10. The molecular weight excluding hydrogens is 493 g/mol. The van der Waals surface area contributed by atoms with E-state index in [-0.39, 0.29) is 28.1 Å². The number of rotatable bonds is 8. The Kier molecular flexibility index (Phi) is 8.52. The van der Waals surface area contributed by atoms with Crippen LogP contribution in [0.2, 0.25) is 0 Å². The summed E-state index contributed by atoms with van der Waals surface area (Å²) in [6.45, 7) is 5.78. The number of aromatic nitrogens is 3. The monoisotopic (exact) mass is 519 g/mol. The van der Waals surface area contributed by atoms with Gasteiger partial charge in [-0.3, -0.25) is 20.1 Å². The van der Waals surface area contributed by atoms with E-state index in [0.717, 1.165) is 41.9 Å². The zero-order chi connectivity index (χ0) is 26.2. The van der Waals surface area contributed by atoms with Crippen LogP contribution in [0.3, 0.4) is 0 Å². The lowest BCUT2D eigenvalue weighted by Crippen LogP contribution is -2.14. The molecule has 1 aliphatic heterocycles. The Morgan fingerprint density at radius 2 is 2.11 bits per heavy atom. The molecule has 0 unspecified atom stereocenters. The highest BCUT2D eigenvalue weighted by Crippen LogP contribution is 2.35. The summed E-state index contributed by atoms with van der Waals surface area (Å²) >= 11 is 1.08. The number of aliphatic imine (C=N–C) groups is 1. The van der Waals surface area contributed by atoms with Crippen LogP contribution in [0, 0.1) is 12.7 Å². The molecule has 8 nitrogen and oxygen atoms in total. The van der Waals surface area contributed by atoms with Gasteiger partial charge in [-0.15, -0.1) is 5.10 Å². The third-order valence-corrected chi connectivity index (χ3v) is 6.25. The number of nitrogens with one attached hydrogen (secondary N) is 1. The standard InChI is InChI=1S/C27H26FN5O3S/c1-4-18-9-6-5-7-10-19(30-14-18)16-36-27-33-32-26(37-27)31-25(34)21-15-29-17(2)13-20(21)24-22(28)11-8-12-23(24)35-3/h4,8-15H,1,5-7,16H2,2-3H3,(H,31,32,34)/b18-9+,19-10+,30-14-. The minimum absolute atomic E-state index is 0.169. The van der Waals surface area contributed by atoms with Crippen molar-refractivity contribution in [3.05, 3.63) is 83.6 Å². The van der Waals surface area contributed by atoms with Crippen LogP contribution >= 0.6 is 11.3 Å². The number of hydrogen-bond acceptors (Lipinski definition) is 8. The Balaban J connectivity index is 1.49. The van der Waals surface area contributed by atoms with Crippen molar-refractivity contribution in [3.8, 4) is 22.1 Å². The fraction of sp³-hybridized carbons (Fsp3) is 0.222. The molecule has 3 aromatic rings. The van der Waals surface area contributed by atoms with Gasteiger partial charge in [0.25, 0.3) is 11.1 Å². The van der Waals surface area contributed by atoms with Crippen molar-refractivity contribution in [1.82, 2.24) is 15.2 Å². The fourth-order valence-electron chi connectivity index (χ4n) is 3.65. The first-order chi connectivity index (χ1) is 18.0. The molecule has 0 spiro atoms. The van der Waals surface area contributed by atoms with Gasteiger partial charge < -0.3 is 9.47 Å². The average molecular weight is 520 g/mol. The molecule has 0 atom stereocenters. The number of carbonyl (C=O) groups excluding carboxylic acids is 1. The molecule has 190 valence electrons. The van der Waals surface area contributed by atoms with Gasteiger partial charge in [0, 0.05) is 23.7 Å². The molecule has 1 N–H and O–H groups in total. The van der Waals surface area contributed by atoms with E-state index in [0.29, 0.717) is 17.0 Å². The lowest BCUT2D eigenvalue weighted by Gasteiger charge is -2.14. The summed E-state index contributed by atoms with van der Waals surface area (Å²) in [6, 6.07) is 6.14. The average Bonchev–Trinajstić information content (AvgIpc) is 3.38. The maximum atomic E-state index is 14.8. The molecule has 0 aliphatic carbocycles. The van der Waals surface area contributed by atoms with Crippen LogP contribution in [0.4, 0.5) is 9.52 Å². The van der Waals surface area contributed by atoms with Crippen molar-refractivity contribution in [2.75, 3.05) is 19.0 Å². The Morgan fingerprint density at radius 3 is 2.92 bits per heavy atom. The van der Waals surface area contributed by atoms with E-state index in [2.05, 4.69) is 38.1 Å². The van der Waals surface area contributed by atoms with Gasteiger partial charge in [-0.2, -0.15) is 0 Å². The number of aryl methyl sites for hydroxylation is 1. The number of benzene rings is 1. The van der Waals surface area contributed by atoms with Crippen LogP contribution in [0.15, 0.2) is 71.5 Å². The van der Waals surface area contributed by atoms with Crippen molar-refractivity contribution in [2.24, 2.45) is 4.99 Å². The molecule has 1 aromatic carbocycles. The van der Waals surface area contributed by atoms with E-state index in [1.165, 1.54) is 19.4 Å². The van der Waals surface area contributed by atoms with E-state index in [9.17, 15) is 9.18 Å². The van der Waals surface area contributed by atoms with Gasteiger partial charge in [0.05, 0.1) is 23.9 Å². The maximum absolute atomic E-state index is 14.8. The third-order valence-electron chi connectivity index (χ3n) is 5.50. The van der Waals surface area contributed by atoms with Gasteiger partial charge in [-0.25, -0.2) is 4.39 Å². The molecule has 0 saturated carbocycles. The van der Waals surface area contributed by atoms with Crippen molar-refractivity contribution >= 4 is 28.6 Å². The highest BCUT2D eigenvalue weighted by Gasteiger charge is 2.21. The normalized spacial score (nSPS) is 17.2. The molecule has 4 rings (SSSR count). The minimum atomic E-state index is -0.511. The van der Waals surface area contributed by atoms with Crippen molar-refractivity contribution in [3.63, 3.8) is 0 Å². The molecule has 1 aliphatic rings. The highest BCUT2D eigenvalue weighted by molar-refractivity contribution is 7.17. The van der Waals surface area contributed by atoms with E-state index in [1.54, 1.807) is 37.4 Å². The molecule has 1 amide bonds. The number of nitrogens with zero attached hydrogens (tertiary/aromatic N) is 4. The van der Waals surface area contributed by atoms with Crippen LogP contribution in [-0.4, -0.2) is 41.0 Å². The molecular formula is C27H26FN5O3S. The van der Waals surface area contributed by atoms with E-state index < -0.39 is 11.7 Å². The topological polar surface area (TPSA) is 98.6 Å². The molecule has 0 saturated heterocycles. The molecule has 3 heterocycles. The summed E-state index contributed by atoms with van der Waals surface area (Å²) in [4.78, 5) is 21.9. The Labute approximate surface area is 218 Å². The minimum Gasteiger partial charge on any atom is -0.496 e. The number of ether oxygens (including phenoxy) is 2. The second kappa shape index (κ2) is 12.2. The summed E-state index contributed by atoms with van der Waals surface area (Å²) in [7, 11) is 1.45. The van der Waals surface area contributed by atoms with Gasteiger partial charge in [-0.05, 0) is 61.3 Å². The molecule has 10 heteroatoms. The van der Waals surface area contributed by atoms with Gasteiger partial charge in [0.1, 0.15) is 18.2 Å². The number of hydrogen-bond donors (Lipinski definition) is 1. The zero-order valence-corrected chi connectivity index (χ0v) is 21.3. The Hall–Kier alpha value is -4.18. The van der Waals surface area contributed by atoms with Gasteiger partial charge in [-0.1, -0.05) is 36.0 Å². The van der Waals surface area contributed by atoms with Crippen LogP contribution in [-0.2, 0) is 0 Å². The van der Waals surface area contributed by atoms with Crippen LogP contribution in [0.1, 0.15) is 35.3 Å². The zero-order valence-electron chi connectivity index (χ0n) is 20.5. The van der Waals surface area contributed by atoms with Gasteiger partial charge in [0.15, 0.2) is 0 Å². The smallest absolute Gasteiger partial charge is 0.296 e. The van der Waals surface area contributed by atoms with Gasteiger partial charge in [0.2, 0.25) is 5.13 Å². The fourth-order valence-corrected chi connectivity index (χ4v) is 4.24. The summed E-state index contributed by atoms with van der Waals surface area (Å²) in [5.41, 5.74) is 3.07. The summed E-state index contributed by atoms with van der Waals surface area (Å²) in [5.74, 6) is -0.713. The number of pyridine rings is 1. The number of anilines is 1. The summed E-state index contributed by atoms with van der Waals surface area (Å²) < 4.78 is 25.9. The number of amides is 1. The SMILES string of the molecule is C=CC1=C\CCC/C=C(COc2nnc(NC(=O)c3cnc(C)cc3-c3c(F)cccc3OC)s2)/N=C\1. The Morgan fingerprint density at radius 1 is 1.27 bits per heavy atom. The van der Waals surface area contributed by atoms with E-state index >= 15 is 0 Å². The predicted molar refractivity (Wildman–Crippen MR) is 143 cm³/mol. The lowest BCUT2D eigenvalue weighted by molar-refractivity contribution is 0.102. The summed E-state index contributed by atoms with van der Waals surface area (Å²) in [5, 5.41) is 11.2. The third kappa shape index (κ3) is 6.53. The molecule has 0 fully saturated rings. The van der Waals surface area contributed by atoms with Crippen molar-refractivity contribution < 1.29 is 18.7 Å². The van der Waals surface area contributed by atoms with Crippen molar-refractivity contribution in [2.45, 2.75) is 26.2 Å². The highest BCUT2D eigenvalue weighted by atomic mass is 32.1. The second-order valence-corrected chi connectivity index (χ2v) is 9.04. The van der Waals surface area contributed by atoms with E-state index in [4.69, 9.17) is 9.47 Å². The van der Waals surface area contributed by atoms with Crippen molar-refractivity contribution in [1.29, 1.82) is 0 Å². The molecule has 2 aromatic heterocycles. The quantitative estimate of drug-likeness (QED) is 0.396.